The lowest BCUT2D eigenvalue weighted by atomic mass is 10.0. The third kappa shape index (κ3) is 6.79. The zero-order valence-corrected chi connectivity index (χ0v) is 22.7. The van der Waals surface area contributed by atoms with Gasteiger partial charge in [0.25, 0.3) is 5.91 Å². The number of aliphatic imine (C=N–C) groups is 1. The van der Waals surface area contributed by atoms with E-state index < -0.39 is 17.5 Å². The second-order valence-corrected chi connectivity index (χ2v) is 8.85. The van der Waals surface area contributed by atoms with Crippen molar-refractivity contribution in [2.24, 2.45) is 4.99 Å². The normalized spacial score (nSPS) is 11.9. The molecule has 0 aliphatic rings. The van der Waals surface area contributed by atoms with Crippen LogP contribution in [0, 0.1) is 11.2 Å². The summed E-state index contributed by atoms with van der Waals surface area (Å²) in [4.78, 5) is 29.9. The molecule has 0 radical (unpaired) electrons. The molecule has 0 unspecified atom stereocenters. The molecule has 2 aromatic heterocycles. The minimum Gasteiger partial charge on any atom is -0.505 e. The van der Waals surface area contributed by atoms with Crippen LogP contribution in [0.1, 0.15) is 19.4 Å². The first kappa shape index (κ1) is 28.6. The molecule has 1 amide bonds. The van der Waals surface area contributed by atoms with Gasteiger partial charge in [0.15, 0.2) is 23.0 Å². The third-order valence-electron chi connectivity index (χ3n) is 5.66. The lowest BCUT2D eigenvalue weighted by Gasteiger charge is -2.12. The van der Waals surface area contributed by atoms with Crippen LogP contribution >= 0.6 is 0 Å². The molecule has 12 heteroatoms. The first-order valence-electron chi connectivity index (χ1n) is 12.3. The van der Waals surface area contributed by atoms with Gasteiger partial charge in [0.2, 0.25) is 5.95 Å². The summed E-state index contributed by atoms with van der Waals surface area (Å²) in [7, 11) is 3.07. The van der Waals surface area contributed by atoms with E-state index in [0.29, 0.717) is 28.2 Å². The fraction of sp³-hybridized carbons (Fsp3) is 0.172. The first-order chi connectivity index (χ1) is 19.7. The Bertz CT molecular complexity index is 1640. The number of halogens is 1. The van der Waals surface area contributed by atoms with Gasteiger partial charge in [-0.15, -0.1) is 0 Å². The van der Waals surface area contributed by atoms with Crippen molar-refractivity contribution in [2.75, 3.05) is 19.5 Å². The number of anilines is 1. The molecule has 0 aliphatic heterocycles. The van der Waals surface area contributed by atoms with Gasteiger partial charge in [-0.2, -0.15) is 0 Å². The van der Waals surface area contributed by atoms with E-state index in [2.05, 4.69) is 25.3 Å². The maximum atomic E-state index is 13.3. The average molecular weight is 559 g/mol. The van der Waals surface area contributed by atoms with Crippen LogP contribution in [0.2, 0.25) is 0 Å². The second kappa shape index (κ2) is 12.6. The number of aliphatic hydroxyl groups is 1. The van der Waals surface area contributed by atoms with Crippen molar-refractivity contribution in [1.29, 1.82) is 5.41 Å². The zero-order chi connectivity index (χ0) is 29.5. The van der Waals surface area contributed by atoms with Crippen molar-refractivity contribution in [3.63, 3.8) is 0 Å². The van der Waals surface area contributed by atoms with E-state index in [9.17, 15) is 14.3 Å². The fourth-order valence-electron chi connectivity index (χ4n) is 3.60. The number of ether oxygens (including phenoxy) is 3. The highest BCUT2D eigenvalue weighted by Gasteiger charge is 2.20. The molecule has 210 valence electrons. The number of hydrogen-bond acceptors (Lipinski definition) is 10. The summed E-state index contributed by atoms with van der Waals surface area (Å²) in [6.07, 6.45) is 5.48. The number of benzene rings is 2. The number of amides is 1. The van der Waals surface area contributed by atoms with Crippen molar-refractivity contribution in [2.45, 2.75) is 19.9 Å². The quantitative estimate of drug-likeness (QED) is 0.135. The Balaban J connectivity index is 1.56. The molecule has 0 saturated carbocycles. The molecule has 0 fully saturated rings. The van der Waals surface area contributed by atoms with Crippen molar-refractivity contribution in [1.82, 2.24) is 15.0 Å². The Morgan fingerprint density at radius 1 is 1.02 bits per heavy atom. The van der Waals surface area contributed by atoms with Crippen molar-refractivity contribution in [3.8, 4) is 23.0 Å². The largest absolute Gasteiger partial charge is 0.505 e. The highest BCUT2D eigenvalue weighted by atomic mass is 19.1. The summed E-state index contributed by atoms with van der Waals surface area (Å²) in [5.41, 5.74) is 0.168. The average Bonchev–Trinajstić information content (AvgIpc) is 2.97. The minimum atomic E-state index is -0.798. The van der Waals surface area contributed by atoms with Gasteiger partial charge in [-0.25, -0.2) is 14.4 Å². The summed E-state index contributed by atoms with van der Waals surface area (Å²) >= 11 is 0. The van der Waals surface area contributed by atoms with Gasteiger partial charge in [-0.3, -0.25) is 25.5 Å². The molecular formula is C29H27FN6O5. The standard InChI is InChI=1S/C29H27FN6O5/c1-16(2)33-15-21(27(37)26(31)17-5-7-18(30)8-6-17)28(38)36-29-34-13-19(14-35-29)41-23-9-10-32-22-12-25(40-4)24(39-3)11-20(22)23/h5-16,31,37H,1-4H3,(H,34,35,36,38). The van der Waals surface area contributed by atoms with Crippen LogP contribution < -0.4 is 19.5 Å². The molecule has 4 rings (SSSR count). The number of methoxy groups -OCH3 is 2. The smallest absolute Gasteiger partial charge is 0.263 e. The Morgan fingerprint density at radius 3 is 2.32 bits per heavy atom. The lowest BCUT2D eigenvalue weighted by molar-refractivity contribution is -0.112. The second-order valence-electron chi connectivity index (χ2n) is 8.85. The Morgan fingerprint density at radius 2 is 1.68 bits per heavy atom. The van der Waals surface area contributed by atoms with Crippen LogP contribution in [0.4, 0.5) is 10.3 Å². The van der Waals surface area contributed by atoms with Crippen LogP contribution in [0.15, 0.2) is 77.4 Å². The first-order valence-corrected chi connectivity index (χ1v) is 12.3. The van der Waals surface area contributed by atoms with Crippen LogP contribution in [0.25, 0.3) is 10.9 Å². The maximum absolute atomic E-state index is 13.3. The van der Waals surface area contributed by atoms with Gasteiger partial charge in [0.1, 0.15) is 22.9 Å². The van der Waals surface area contributed by atoms with Gasteiger partial charge in [0, 0.05) is 35.5 Å². The van der Waals surface area contributed by atoms with E-state index in [0.717, 1.165) is 12.1 Å². The fourth-order valence-corrected chi connectivity index (χ4v) is 3.60. The third-order valence-corrected chi connectivity index (χ3v) is 5.66. The number of hydrogen-bond donors (Lipinski definition) is 3. The Kier molecular flexibility index (Phi) is 8.82. The summed E-state index contributed by atoms with van der Waals surface area (Å²) < 4.78 is 30.0. The van der Waals surface area contributed by atoms with Crippen molar-refractivity contribution in [3.05, 3.63) is 83.8 Å². The summed E-state index contributed by atoms with van der Waals surface area (Å²) in [5, 5.41) is 22.2. The Hall–Kier alpha value is -5.39. The summed E-state index contributed by atoms with van der Waals surface area (Å²) in [6, 6.07) is 9.91. The van der Waals surface area contributed by atoms with E-state index in [-0.39, 0.29) is 34.6 Å². The molecule has 41 heavy (non-hydrogen) atoms. The van der Waals surface area contributed by atoms with E-state index in [1.807, 2.05) is 0 Å². The van der Waals surface area contributed by atoms with Crippen molar-refractivity contribution >= 4 is 34.7 Å². The minimum absolute atomic E-state index is 0.0788. The van der Waals surface area contributed by atoms with Crippen LogP contribution in [0.3, 0.4) is 0 Å². The van der Waals surface area contributed by atoms with Gasteiger partial charge < -0.3 is 19.3 Å². The molecular weight excluding hydrogens is 531 g/mol. The molecule has 0 saturated heterocycles. The number of carbonyl (C=O) groups is 1. The molecule has 0 atom stereocenters. The van der Waals surface area contributed by atoms with Gasteiger partial charge in [0.05, 0.1) is 32.1 Å². The number of carbonyl (C=O) groups excluding carboxylic acids is 1. The number of aliphatic hydroxyl groups excluding tert-OH is 1. The molecule has 0 aliphatic carbocycles. The van der Waals surface area contributed by atoms with Crippen LogP contribution in [-0.4, -0.2) is 58.2 Å². The number of aromatic nitrogens is 3. The topological polar surface area (TPSA) is 152 Å². The van der Waals surface area contributed by atoms with E-state index in [4.69, 9.17) is 19.6 Å². The predicted octanol–water partition coefficient (Wildman–Crippen LogP) is 5.27. The van der Waals surface area contributed by atoms with Crippen LogP contribution in [0.5, 0.6) is 23.0 Å². The lowest BCUT2D eigenvalue weighted by Crippen LogP contribution is -2.21. The molecule has 11 nitrogen and oxygen atoms in total. The molecule has 2 heterocycles. The van der Waals surface area contributed by atoms with Gasteiger partial charge in [-0.1, -0.05) is 0 Å². The van der Waals surface area contributed by atoms with E-state index >= 15 is 0 Å². The molecule has 3 N–H and O–H groups in total. The van der Waals surface area contributed by atoms with Gasteiger partial charge >= 0.3 is 0 Å². The van der Waals surface area contributed by atoms with E-state index in [1.165, 1.54) is 45.0 Å². The summed E-state index contributed by atoms with van der Waals surface area (Å²) in [6.45, 7) is 3.57. The highest BCUT2D eigenvalue weighted by Crippen LogP contribution is 2.36. The van der Waals surface area contributed by atoms with E-state index in [1.54, 1.807) is 38.2 Å². The highest BCUT2D eigenvalue weighted by molar-refractivity contribution is 6.24. The molecule has 0 bridgehead atoms. The maximum Gasteiger partial charge on any atom is 0.263 e. The Labute approximate surface area is 234 Å². The number of fused-ring (bicyclic) bond motifs is 1. The number of pyridine rings is 1. The number of allylic oxidation sites excluding steroid dienone is 1. The monoisotopic (exact) mass is 558 g/mol. The molecule has 2 aromatic carbocycles. The van der Waals surface area contributed by atoms with Crippen LogP contribution in [-0.2, 0) is 4.79 Å². The van der Waals surface area contributed by atoms with Crippen molar-refractivity contribution < 1.29 is 28.5 Å². The molecule has 4 aromatic rings. The number of nitrogens with one attached hydrogen (secondary N) is 2. The predicted molar refractivity (Wildman–Crippen MR) is 152 cm³/mol. The summed E-state index contributed by atoms with van der Waals surface area (Å²) in [5.74, 6) is -0.231. The SMILES string of the molecule is COc1cc2nccc(Oc3cnc(NC(=O)C(C=NC(C)C)=C(O)C(=N)c4ccc(F)cc4)nc3)c2cc1OC. The number of rotatable bonds is 10. The molecule has 0 spiro atoms. The number of nitrogens with zero attached hydrogens (tertiary/aromatic N) is 4. The van der Waals surface area contributed by atoms with Gasteiger partial charge in [-0.05, 0) is 50.2 Å². The zero-order valence-electron chi connectivity index (χ0n) is 22.7.